The van der Waals surface area contributed by atoms with Crippen LogP contribution in [0.5, 0.6) is 0 Å². The van der Waals surface area contributed by atoms with E-state index < -0.39 is 35.4 Å². The Morgan fingerprint density at radius 2 is 1.89 bits per heavy atom. The van der Waals surface area contributed by atoms with Crippen molar-refractivity contribution >= 4 is 11.9 Å². The van der Waals surface area contributed by atoms with E-state index in [-0.39, 0.29) is 12.0 Å². The number of aliphatic carboxylic acids is 2. The van der Waals surface area contributed by atoms with Gasteiger partial charge >= 0.3 is 11.9 Å². The fourth-order valence-corrected chi connectivity index (χ4v) is 1.64. The molecule has 1 unspecified atom stereocenters. The molecule has 1 aromatic carbocycles. The largest absolute Gasteiger partial charge is 0.481 e. The summed E-state index contributed by atoms with van der Waals surface area (Å²) in [5.74, 6) is -5.00. The molecule has 0 bridgehead atoms. The first kappa shape index (κ1) is 14.1. The van der Waals surface area contributed by atoms with Gasteiger partial charge in [-0.2, -0.15) is 0 Å². The van der Waals surface area contributed by atoms with E-state index in [0.29, 0.717) is 0 Å². The van der Waals surface area contributed by atoms with Crippen molar-refractivity contribution in [3.63, 3.8) is 0 Å². The van der Waals surface area contributed by atoms with Crippen molar-refractivity contribution in [2.75, 3.05) is 0 Å². The molecule has 1 rings (SSSR count). The van der Waals surface area contributed by atoms with Gasteiger partial charge < -0.3 is 10.2 Å². The SMILES string of the molecule is CC(CCC(=O)O)(C(=O)O)c1cccc(F)c1F. The van der Waals surface area contributed by atoms with E-state index in [9.17, 15) is 18.4 Å². The lowest BCUT2D eigenvalue weighted by Crippen LogP contribution is -2.34. The monoisotopic (exact) mass is 258 g/mol. The Labute approximate surface area is 102 Å². The van der Waals surface area contributed by atoms with E-state index >= 15 is 0 Å². The molecular formula is C12H12F2O4. The Balaban J connectivity index is 3.23. The number of hydrogen-bond acceptors (Lipinski definition) is 2. The zero-order chi connectivity index (χ0) is 13.9. The molecule has 0 saturated heterocycles. The van der Waals surface area contributed by atoms with Gasteiger partial charge in [0.05, 0.1) is 5.41 Å². The Bertz CT molecular complexity index is 487. The number of carbonyl (C=O) groups is 2. The Kier molecular flexibility index (Phi) is 4.00. The molecule has 0 aliphatic heterocycles. The zero-order valence-corrected chi connectivity index (χ0v) is 9.61. The Hall–Kier alpha value is -1.98. The molecule has 0 fully saturated rings. The molecule has 0 radical (unpaired) electrons. The van der Waals surface area contributed by atoms with Gasteiger partial charge in [-0.25, -0.2) is 8.78 Å². The molecule has 98 valence electrons. The van der Waals surface area contributed by atoms with Crippen molar-refractivity contribution in [1.29, 1.82) is 0 Å². The Morgan fingerprint density at radius 3 is 2.39 bits per heavy atom. The summed E-state index contributed by atoms with van der Waals surface area (Å²) < 4.78 is 26.7. The van der Waals surface area contributed by atoms with Gasteiger partial charge in [0.25, 0.3) is 0 Å². The van der Waals surface area contributed by atoms with E-state index in [1.807, 2.05) is 0 Å². The predicted octanol–water partition coefficient (Wildman–Crippen LogP) is 2.17. The quantitative estimate of drug-likeness (QED) is 0.848. The van der Waals surface area contributed by atoms with Crippen molar-refractivity contribution in [3.8, 4) is 0 Å². The van der Waals surface area contributed by atoms with E-state index in [2.05, 4.69) is 0 Å². The van der Waals surface area contributed by atoms with Crippen LogP contribution in [0.25, 0.3) is 0 Å². The fraction of sp³-hybridized carbons (Fsp3) is 0.333. The topological polar surface area (TPSA) is 74.6 Å². The number of hydrogen-bond donors (Lipinski definition) is 2. The summed E-state index contributed by atoms with van der Waals surface area (Å²) in [6.07, 6.45) is -0.767. The van der Waals surface area contributed by atoms with Gasteiger partial charge in [-0.3, -0.25) is 9.59 Å². The van der Waals surface area contributed by atoms with Gasteiger partial charge in [0.2, 0.25) is 0 Å². The minimum absolute atomic E-state index is 0.321. The smallest absolute Gasteiger partial charge is 0.313 e. The normalized spacial score (nSPS) is 13.9. The highest BCUT2D eigenvalue weighted by Crippen LogP contribution is 2.32. The number of rotatable bonds is 5. The van der Waals surface area contributed by atoms with Crippen molar-refractivity contribution in [2.24, 2.45) is 0 Å². The maximum absolute atomic E-state index is 13.6. The van der Waals surface area contributed by atoms with Crippen LogP contribution in [-0.2, 0) is 15.0 Å². The van der Waals surface area contributed by atoms with E-state index in [1.165, 1.54) is 13.0 Å². The zero-order valence-electron chi connectivity index (χ0n) is 9.61. The third-order valence-electron chi connectivity index (χ3n) is 2.86. The molecule has 6 heteroatoms. The molecule has 1 atom stereocenters. The Morgan fingerprint density at radius 1 is 1.28 bits per heavy atom. The van der Waals surface area contributed by atoms with Gasteiger partial charge in [0.15, 0.2) is 11.6 Å². The van der Waals surface area contributed by atoms with Crippen LogP contribution in [0.4, 0.5) is 8.78 Å². The summed E-state index contributed by atoms with van der Waals surface area (Å²) in [6.45, 7) is 1.18. The second kappa shape index (κ2) is 5.12. The van der Waals surface area contributed by atoms with E-state index in [0.717, 1.165) is 12.1 Å². The first-order valence-corrected chi connectivity index (χ1v) is 5.18. The molecule has 0 saturated carbocycles. The van der Waals surface area contributed by atoms with Crippen LogP contribution in [0.3, 0.4) is 0 Å². The van der Waals surface area contributed by atoms with Crippen LogP contribution in [0.15, 0.2) is 18.2 Å². The molecule has 0 aromatic heterocycles. The number of carboxylic acid groups (broad SMARTS) is 2. The maximum Gasteiger partial charge on any atom is 0.313 e. The second-order valence-electron chi connectivity index (χ2n) is 4.13. The third kappa shape index (κ3) is 2.64. The van der Waals surface area contributed by atoms with E-state index in [1.54, 1.807) is 0 Å². The van der Waals surface area contributed by atoms with Gasteiger partial charge in [-0.15, -0.1) is 0 Å². The average molecular weight is 258 g/mol. The third-order valence-corrected chi connectivity index (χ3v) is 2.86. The maximum atomic E-state index is 13.6. The summed E-state index contributed by atoms with van der Waals surface area (Å²) in [6, 6.07) is 3.21. The minimum Gasteiger partial charge on any atom is -0.481 e. The van der Waals surface area contributed by atoms with Crippen LogP contribution >= 0.6 is 0 Å². The highest BCUT2D eigenvalue weighted by Gasteiger charge is 2.38. The van der Waals surface area contributed by atoms with Gasteiger partial charge in [-0.1, -0.05) is 12.1 Å². The molecule has 18 heavy (non-hydrogen) atoms. The highest BCUT2D eigenvalue weighted by molar-refractivity contribution is 5.81. The van der Waals surface area contributed by atoms with Gasteiger partial charge in [0, 0.05) is 12.0 Å². The molecule has 0 aliphatic carbocycles. The summed E-state index contributed by atoms with van der Waals surface area (Å²) >= 11 is 0. The minimum atomic E-state index is -1.77. The fourth-order valence-electron chi connectivity index (χ4n) is 1.64. The van der Waals surface area contributed by atoms with Crippen LogP contribution in [0.1, 0.15) is 25.3 Å². The lowest BCUT2D eigenvalue weighted by Gasteiger charge is -2.25. The summed E-state index contributed by atoms with van der Waals surface area (Å²) in [5.41, 5.74) is -2.12. The van der Waals surface area contributed by atoms with Crippen molar-refractivity contribution in [3.05, 3.63) is 35.4 Å². The average Bonchev–Trinajstić information content (AvgIpc) is 2.29. The number of halogens is 2. The summed E-state index contributed by atoms with van der Waals surface area (Å²) in [5, 5.41) is 17.7. The van der Waals surface area contributed by atoms with Crippen LogP contribution < -0.4 is 0 Å². The van der Waals surface area contributed by atoms with Crippen molar-refractivity contribution in [2.45, 2.75) is 25.2 Å². The molecular weight excluding hydrogens is 246 g/mol. The molecule has 2 N–H and O–H groups in total. The molecule has 0 heterocycles. The molecule has 4 nitrogen and oxygen atoms in total. The van der Waals surface area contributed by atoms with Crippen molar-refractivity contribution in [1.82, 2.24) is 0 Å². The summed E-state index contributed by atoms with van der Waals surface area (Å²) in [7, 11) is 0. The van der Waals surface area contributed by atoms with Crippen LogP contribution in [0.2, 0.25) is 0 Å². The molecule has 1 aromatic rings. The first-order chi connectivity index (χ1) is 8.29. The highest BCUT2D eigenvalue weighted by atomic mass is 19.2. The molecule has 0 aliphatic rings. The second-order valence-corrected chi connectivity index (χ2v) is 4.13. The lowest BCUT2D eigenvalue weighted by molar-refractivity contribution is -0.144. The van der Waals surface area contributed by atoms with Crippen LogP contribution in [-0.4, -0.2) is 22.2 Å². The molecule has 0 spiro atoms. The predicted molar refractivity (Wildman–Crippen MR) is 58.2 cm³/mol. The number of carboxylic acids is 2. The molecule has 0 amide bonds. The van der Waals surface area contributed by atoms with Gasteiger partial charge in [0.1, 0.15) is 0 Å². The lowest BCUT2D eigenvalue weighted by atomic mass is 9.78. The van der Waals surface area contributed by atoms with Crippen molar-refractivity contribution < 1.29 is 28.6 Å². The number of benzene rings is 1. The summed E-state index contributed by atoms with van der Waals surface area (Å²) in [4.78, 5) is 21.7. The first-order valence-electron chi connectivity index (χ1n) is 5.18. The van der Waals surface area contributed by atoms with E-state index in [4.69, 9.17) is 10.2 Å². The standard InChI is InChI=1S/C12H12F2O4/c1-12(11(17)18,6-5-9(15)16)7-3-2-4-8(13)10(7)14/h2-4H,5-6H2,1H3,(H,15,16)(H,17,18). The van der Waals surface area contributed by atoms with Crippen LogP contribution in [0, 0.1) is 11.6 Å². The van der Waals surface area contributed by atoms with Gasteiger partial charge in [-0.05, 0) is 19.4 Å².